The van der Waals surface area contributed by atoms with Gasteiger partial charge in [-0.15, -0.1) is 11.8 Å². The minimum atomic E-state index is -0.818. The lowest BCUT2D eigenvalue weighted by atomic mass is 10.1. The Labute approximate surface area is 225 Å². The van der Waals surface area contributed by atoms with E-state index in [0.29, 0.717) is 23.9 Å². The van der Waals surface area contributed by atoms with Crippen molar-refractivity contribution >= 4 is 40.6 Å². The topological polar surface area (TPSA) is 85.2 Å². The summed E-state index contributed by atoms with van der Waals surface area (Å²) in [6, 6.07) is 19.3. The van der Waals surface area contributed by atoms with Crippen LogP contribution in [-0.2, 0) is 16.1 Å². The van der Waals surface area contributed by atoms with Gasteiger partial charge in [-0.1, -0.05) is 23.7 Å². The van der Waals surface area contributed by atoms with Crippen molar-refractivity contribution in [2.45, 2.75) is 22.9 Å². The van der Waals surface area contributed by atoms with Gasteiger partial charge < -0.3 is 19.3 Å². The van der Waals surface area contributed by atoms with Crippen LogP contribution in [0, 0.1) is 10.1 Å². The number of rotatable bonds is 9. The average molecular weight is 542 g/mol. The lowest BCUT2D eigenvalue weighted by molar-refractivity contribution is -0.384. The van der Waals surface area contributed by atoms with Gasteiger partial charge in [0.05, 0.1) is 29.6 Å². The van der Waals surface area contributed by atoms with Gasteiger partial charge in [0.15, 0.2) is 6.10 Å². The molecule has 2 atom stereocenters. The van der Waals surface area contributed by atoms with Crippen molar-refractivity contribution in [2.24, 2.45) is 0 Å². The number of carbonyl (C=O) groups excluding carboxylic acids is 1. The van der Waals surface area contributed by atoms with Crippen LogP contribution in [0.4, 0.5) is 11.4 Å². The Balaban J connectivity index is 1.72. The Morgan fingerprint density at radius 3 is 2.41 bits per heavy atom. The van der Waals surface area contributed by atoms with Crippen LogP contribution in [0.15, 0.2) is 71.6 Å². The van der Waals surface area contributed by atoms with Crippen molar-refractivity contribution in [3.63, 3.8) is 0 Å². The first-order chi connectivity index (χ1) is 17.8. The standard InChI is InChI=1S/C27H28ClN3O5S/c1-29(2)14-15-30-23-13-8-20(28)16-24(23)37-26(19-6-11-22(35-3)12-7-19)25(27(30)32)36-17-18-4-9-21(10-5-18)31(33)34/h4-13,16,25-26H,14-15,17H2,1-3H3. The number of methoxy groups -OCH3 is 1. The van der Waals surface area contributed by atoms with Crippen LogP contribution >= 0.6 is 23.4 Å². The highest BCUT2D eigenvalue weighted by molar-refractivity contribution is 7.99. The number of hydrogen-bond donors (Lipinski definition) is 0. The molecule has 3 aromatic carbocycles. The quantitative estimate of drug-likeness (QED) is 0.258. The smallest absolute Gasteiger partial charge is 0.269 e. The number of thioether (sulfide) groups is 1. The van der Waals surface area contributed by atoms with E-state index in [1.54, 1.807) is 30.2 Å². The lowest BCUT2D eigenvalue weighted by Gasteiger charge is -2.29. The van der Waals surface area contributed by atoms with E-state index in [1.807, 2.05) is 55.4 Å². The maximum Gasteiger partial charge on any atom is 0.269 e. The van der Waals surface area contributed by atoms with Gasteiger partial charge >= 0.3 is 0 Å². The molecule has 10 heteroatoms. The highest BCUT2D eigenvalue weighted by Crippen LogP contribution is 2.47. The Morgan fingerprint density at radius 1 is 1.08 bits per heavy atom. The first-order valence-corrected chi connectivity index (χ1v) is 12.9. The number of nitro benzene ring substituents is 1. The van der Waals surface area contributed by atoms with Crippen molar-refractivity contribution in [1.82, 2.24) is 4.90 Å². The molecule has 0 bridgehead atoms. The molecule has 37 heavy (non-hydrogen) atoms. The summed E-state index contributed by atoms with van der Waals surface area (Å²) in [5.41, 5.74) is 2.44. The number of halogens is 1. The second-order valence-corrected chi connectivity index (χ2v) is 10.5. The predicted molar refractivity (Wildman–Crippen MR) is 146 cm³/mol. The van der Waals surface area contributed by atoms with Crippen LogP contribution in [0.1, 0.15) is 16.4 Å². The molecule has 8 nitrogen and oxygen atoms in total. The van der Waals surface area contributed by atoms with Crippen LogP contribution in [-0.4, -0.2) is 56.1 Å². The monoisotopic (exact) mass is 541 g/mol. The van der Waals surface area contributed by atoms with E-state index < -0.39 is 11.0 Å². The van der Waals surface area contributed by atoms with E-state index in [1.165, 1.54) is 23.9 Å². The summed E-state index contributed by atoms with van der Waals surface area (Å²) in [7, 11) is 5.53. The van der Waals surface area contributed by atoms with Crippen molar-refractivity contribution in [2.75, 3.05) is 39.2 Å². The number of likely N-dealkylation sites (N-methyl/N-ethyl adjacent to an activating group) is 1. The molecule has 3 aromatic rings. The number of nitro groups is 1. The van der Waals surface area contributed by atoms with Crippen molar-refractivity contribution in [3.05, 3.63) is 93.0 Å². The zero-order chi connectivity index (χ0) is 26.5. The van der Waals surface area contributed by atoms with Gasteiger partial charge in [0.2, 0.25) is 0 Å². The molecule has 0 spiro atoms. The fourth-order valence-electron chi connectivity index (χ4n) is 4.03. The number of fused-ring (bicyclic) bond motifs is 1. The summed E-state index contributed by atoms with van der Waals surface area (Å²) in [6.07, 6.45) is -0.818. The molecule has 0 N–H and O–H groups in total. The molecule has 0 saturated heterocycles. The number of carbonyl (C=O) groups is 1. The third kappa shape index (κ3) is 6.42. The first kappa shape index (κ1) is 26.9. The average Bonchev–Trinajstić information content (AvgIpc) is 3.00. The summed E-state index contributed by atoms with van der Waals surface area (Å²) in [5.74, 6) is 0.561. The predicted octanol–water partition coefficient (Wildman–Crippen LogP) is 5.58. The number of benzene rings is 3. The first-order valence-electron chi connectivity index (χ1n) is 11.7. The molecule has 0 aromatic heterocycles. The van der Waals surface area contributed by atoms with Crippen molar-refractivity contribution < 1.29 is 19.2 Å². The van der Waals surface area contributed by atoms with Gasteiger partial charge in [-0.25, -0.2) is 0 Å². The summed E-state index contributed by atoms with van der Waals surface area (Å²) in [4.78, 5) is 29.4. The minimum Gasteiger partial charge on any atom is -0.497 e. The van der Waals surface area contributed by atoms with E-state index in [9.17, 15) is 14.9 Å². The molecular weight excluding hydrogens is 514 g/mol. The molecule has 0 saturated carbocycles. The number of hydrogen-bond acceptors (Lipinski definition) is 7. The molecule has 0 aliphatic carbocycles. The van der Waals surface area contributed by atoms with E-state index in [2.05, 4.69) is 0 Å². The minimum absolute atomic E-state index is 0.00291. The maximum atomic E-state index is 14.1. The third-order valence-corrected chi connectivity index (χ3v) is 7.63. The fraction of sp³-hybridized carbons (Fsp3) is 0.296. The van der Waals surface area contributed by atoms with E-state index in [-0.39, 0.29) is 23.5 Å². The van der Waals surface area contributed by atoms with Crippen LogP contribution in [0.5, 0.6) is 5.75 Å². The molecule has 1 amide bonds. The largest absolute Gasteiger partial charge is 0.497 e. The van der Waals surface area contributed by atoms with E-state index in [4.69, 9.17) is 21.1 Å². The Kier molecular flexibility index (Phi) is 8.71. The number of non-ortho nitro benzene ring substituents is 1. The van der Waals surface area contributed by atoms with Gasteiger partial charge in [0.25, 0.3) is 11.6 Å². The molecule has 1 heterocycles. The fourth-order valence-corrected chi connectivity index (χ4v) is 5.65. The number of anilines is 1. The third-order valence-electron chi connectivity index (χ3n) is 6.04. The second-order valence-electron chi connectivity index (χ2n) is 8.87. The molecule has 0 radical (unpaired) electrons. The van der Waals surface area contributed by atoms with Crippen molar-refractivity contribution in [1.29, 1.82) is 0 Å². The zero-order valence-corrected chi connectivity index (χ0v) is 22.4. The zero-order valence-electron chi connectivity index (χ0n) is 20.8. The van der Waals surface area contributed by atoms with Crippen LogP contribution in [0.25, 0.3) is 0 Å². The Bertz CT molecular complexity index is 1250. The molecule has 4 rings (SSSR count). The van der Waals surface area contributed by atoms with Gasteiger partial charge in [0.1, 0.15) is 5.75 Å². The van der Waals surface area contributed by atoms with Crippen LogP contribution in [0.3, 0.4) is 0 Å². The van der Waals surface area contributed by atoms with Gasteiger partial charge in [-0.05, 0) is 67.7 Å². The summed E-state index contributed by atoms with van der Waals surface area (Å²) in [6.45, 7) is 1.27. The highest BCUT2D eigenvalue weighted by atomic mass is 35.5. The van der Waals surface area contributed by atoms with E-state index >= 15 is 0 Å². The van der Waals surface area contributed by atoms with Gasteiger partial charge in [-0.2, -0.15) is 0 Å². The molecule has 1 aliphatic rings. The normalized spacial score (nSPS) is 17.4. The van der Waals surface area contributed by atoms with Crippen molar-refractivity contribution in [3.8, 4) is 5.75 Å². The molecule has 2 unspecified atom stereocenters. The van der Waals surface area contributed by atoms with Gasteiger partial charge in [-0.3, -0.25) is 14.9 Å². The lowest BCUT2D eigenvalue weighted by Crippen LogP contribution is -2.44. The second kappa shape index (κ2) is 12.0. The SMILES string of the molecule is COc1ccc(C2Sc3cc(Cl)ccc3N(CCN(C)C)C(=O)C2OCc2ccc([N+](=O)[O-])cc2)cc1. The molecule has 1 aliphatic heterocycles. The Morgan fingerprint density at radius 2 is 1.78 bits per heavy atom. The maximum absolute atomic E-state index is 14.1. The Hall–Kier alpha value is -3.11. The highest BCUT2D eigenvalue weighted by Gasteiger charge is 2.39. The van der Waals surface area contributed by atoms with Crippen LogP contribution < -0.4 is 9.64 Å². The number of amides is 1. The van der Waals surface area contributed by atoms with Crippen LogP contribution in [0.2, 0.25) is 5.02 Å². The number of ether oxygens (including phenoxy) is 2. The summed E-state index contributed by atoms with van der Waals surface area (Å²) < 4.78 is 11.6. The van der Waals surface area contributed by atoms with Gasteiger partial charge in [0, 0.05) is 35.1 Å². The summed E-state index contributed by atoms with van der Waals surface area (Å²) in [5, 5.41) is 11.2. The summed E-state index contributed by atoms with van der Waals surface area (Å²) >= 11 is 7.90. The molecular formula is C27H28ClN3O5S. The number of nitrogens with zero attached hydrogens (tertiary/aromatic N) is 3. The molecule has 0 fully saturated rings. The molecule has 194 valence electrons. The van der Waals surface area contributed by atoms with E-state index in [0.717, 1.165) is 21.7 Å².